The molecule has 23 heavy (non-hydrogen) atoms. The fourth-order valence-electron chi connectivity index (χ4n) is 2.55. The number of benzene rings is 1. The van der Waals surface area contributed by atoms with Crippen LogP contribution in [-0.2, 0) is 14.8 Å². The number of amides is 1. The van der Waals surface area contributed by atoms with Crippen LogP contribution in [-0.4, -0.2) is 51.0 Å². The Hall–Kier alpha value is -1.44. The van der Waals surface area contributed by atoms with Crippen LogP contribution in [0.25, 0.3) is 0 Å². The zero-order valence-corrected chi connectivity index (χ0v) is 14.4. The fraction of sp³-hybridized carbons (Fsp3) is 0.562. The summed E-state index contributed by atoms with van der Waals surface area (Å²) in [7, 11) is -3.58. The molecule has 1 aromatic carbocycles. The summed E-state index contributed by atoms with van der Waals surface area (Å²) in [5.74, 6) is -0.245. The summed E-state index contributed by atoms with van der Waals surface area (Å²) >= 11 is 0. The van der Waals surface area contributed by atoms with Crippen molar-refractivity contribution in [3.8, 4) is 0 Å². The Morgan fingerprint density at radius 1 is 1.35 bits per heavy atom. The van der Waals surface area contributed by atoms with Gasteiger partial charge in [0, 0.05) is 24.7 Å². The predicted octanol–water partition coefficient (Wildman–Crippen LogP) is 1.63. The average molecular weight is 340 g/mol. The maximum absolute atomic E-state index is 12.6. The molecule has 128 valence electrons. The summed E-state index contributed by atoms with van der Waals surface area (Å²) in [6, 6.07) is 6.27. The van der Waals surface area contributed by atoms with Gasteiger partial charge in [-0.15, -0.1) is 0 Å². The quantitative estimate of drug-likeness (QED) is 0.854. The normalized spacial score (nSPS) is 17.7. The van der Waals surface area contributed by atoms with Gasteiger partial charge in [0.1, 0.15) is 0 Å². The van der Waals surface area contributed by atoms with Gasteiger partial charge in [-0.1, -0.05) is 19.4 Å². The number of hydrogen-bond donors (Lipinski definition) is 1. The van der Waals surface area contributed by atoms with Crippen LogP contribution < -0.4 is 5.32 Å². The molecule has 1 atom stereocenters. The molecule has 1 fully saturated rings. The Bertz CT molecular complexity index is 639. The molecule has 1 saturated heterocycles. The smallest absolute Gasteiger partial charge is 0.251 e. The van der Waals surface area contributed by atoms with Gasteiger partial charge in [-0.05, 0) is 31.5 Å². The number of nitrogens with one attached hydrogen (secondary N) is 1. The summed E-state index contributed by atoms with van der Waals surface area (Å²) < 4.78 is 31.8. The van der Waals surface area contributed by atoms with E-state index in [1.54, 1.807) is 12.1 Å². The molecule has 0 saturated carbocycles. The van der Waals surface area contributed by atoms with Crippen LogP contribution in [0, 0.1) is 0 Å². The molecule has 1 aromatic rings. The van der Waals surface area contributed by atoms with E-state index in [9.17, 15) is 13.2 Å². The molecular formula is C16H24N2O4S. The van der Waals surface area contributed by atoms with Crippen LogP contribution in [0.4, 0.5) is 0 Å². The lowest BCUT2D eigenvalue weighted by Crippen LogP contribution is -2.40. The Morgan fingerprint density at radius 3 is 2.70 bits per heavy atom. The number of ether oxygens (including phenoxy) is 1. The van der Waals surface area contributed by atoms with Crippen molar-refractivity contribution in [2.45, 2.75) is 37.6 Å². The molecule has 1 N–H and O–H groups in total. The van der Waals surface area contributed by atoms with Crippen LogP contribution in [0.5, 0.6) is 0 Å². The summed E-state index contributed by atoms with van der Waals surface area (Å²) in [6.07, 6.45) is 1.87. The van der Waals surface area contributed by atoms with Crippen molar-refractivity contribution in [1.29, 1.82) is 0 Å². The van der Waals surface area contributed by atoms with Crippen molar-refractivity contribution in [1.82, 2.24) is 9.62 Å². The lowest BCUT2D eigenvalue weighted by molar-refractivity contribution is 0.0730. The van der Waals surface area contributed by atoms with E-state index in [1.807, 2.05) is 6.92 Å². The van der Waals surface area contributed by atoms with Crippen molar-refractivity contribution < 1.29 is 17.9 Å². The molecule has 1 aliphatic heterocycles. The van der Waals surface area contributed by atoms with E-state index in [-0.39, 0.29) is 16.8 Å². The van der Waals surface area contributed by atoms with Gasteiger partial charge in [-0.25, -0.2) is 8.42 Å². The second kappa shape index (κ2) is 7.90. The molecule has 0 radical (unpaired) electrons. The van der Waals surface area contributed by atoms with Gasteiger partial charge in [0.05, 0.1) is 18.1 Å². The molecule has 0 aliphatic carbocycles. The fourth-order valence-corrected chi connectivity index (χ4v) is 4.00. The zero-order chi connectivity index (χ0) is 16.9. The first-order chi connectivity index (χ1) is 10.9. The second-order valence-electron chi connectivity index (χ2n) is 5.71. The highest BCUT2D eigenvalue weighted by Crippen LogP contribution is 2.18. The van der Waals surface area contributed by atoms with Crippen LogP contribution in [0.1, 0.15) is 37.0 Å². The van der Waals surface area contributed by atoms with Gasteiger partial charge in [0.25, 0.3) is 5.91 Å². The molecule has 0 aromatic heterocycles. The second-order valence-corrected chi connectivity index (χ2v) is 7.65. The SMILES string of the molecule is CCC[C@@H](C)NC(=O)c1cccc(S(=O)(=O)N2CCOCC2)c1. The van der Waals surface area contributed by atoms with Gasteiger partial charge in [-0.2, -0.15) is 4.31 Å². The van der Waals surface area contributed by atoms with Crippen LogP contribution in [0.3, 0.4) is 0 Å². The molecule has 7 heteroatoms. The number of morpholine rings is 1. The minimum absolute atomic E-state index is 0.0620. The molecular weight excluding hydrogens is 316 g/mol. The highest BCUT2D eigenvalue weighted by Gasteiger charge is 2.26. The molecule has 0 unspecified atom stereocenters. The van der Waals surface area contributed by atoms with Crippen LogP contribution >= 0.6 is 0 Å². The van der Waals surface area contributed by atoms with E-state index < -0.39 is 10.0 Å². The maximum Gasteiger partial charge on any atom is 0.251 e. The highest BCUT2D eigenvalue weighted by atomic mass is 32.2. The number of carbonyl (C=O) groups is 1. The third kappa shape index (κ3) is 4.53. The van der Waals surface area contributed by atoms with E-state index in [0.29, 0.717) is 31.9 Å². The molecule has 1 aliphatic rings. The van der Waals surface area contributed by atoms with E-state index in [2.05, 4.69) is 12.2 Å². The Morgan fingerprint density at radius 2 is 2.04 bits per heavy atom. The van der Waals surface area contributed by atoms with Gasteiger partial charge in [0.15, 0.2) is 0 Å². The monoisotopic (exact) mass is 340 g/mol. The van der Waals surface area contributed by atoms with Crippen molar-refractivity contribution in [3.63, 3.8) is 0 Å². The zero-order valence-electron chi connectivity index (χ0n) is 13.6. The van der Waals surface area contributed by atoms with Crippen molar-refractivity contribution in [2.24, 2.45) is 0 Å². The molecule has 1 heterocycles. The maximum atomic E-state index is 12.6. The standard InChI is InChI=1S/C16H24N2O4S/c1-3-5-13(2)17-16(19)14-6-4-7-15(12-14)23(20,21)18-8-10-22-11-9-18/h4,6-7,12-13H,3,5,8-11H2,1-2H3,(H,17,19)/t13-/m1/s1. The van der Waals surface area contributed by atoms with Gasteiger partial charge < -0.3 is 10.1 Å². The number of hydrogen-bond acceptors (Lipinski definition) is 4. The minimum atomic E-state index is -3.58. The Kier molecular flexibility index (Phi) is 6.15. The first-order valence-electron chi connectivity index (χ1n) is 7.94. The average Bonchev–Trinajstić information content (AvgIpc) is 2.56. The number of carbonyl (C=O) groups excluding carboxylic acids is 1. The molecule has 0 spiro atoms. The topological polar surface area (TPSA) is 75.7 Å². The van der Waals surface area contributed by atoms with E-state index in [0.717, 1.165) is 12.8 Å². The first-order valence-corrected chi connectivity index (χ1v) is 9.38. The third-order valence-corrected chi connectivity index (χ3v) is 5.70. The molecule has 0 bridgehead atoms. The van der Waals surface area contributed by atoms with Crippen molar-refractivity contribution >= 4 is 15.9 Å². The van der Waals surface area contributed by atoms with E-state index >= 15 is 0 Å². The largest absolute Gasteiger partial charge is 0.379 e. The highest BCUT2D eigenvalue weighted by molar-refractivity contribution is 7.89. The Balaban J connectivity index is 2.17. The number of nitrogens with zero attached hydrogens (tertiary/aromatic N) is 1. The minimum Gasteiger partial charge on any atom is -0.379 e. The first kappa shape index (κ1) is 17.9. The number of sulfonamides is 1. The summed E-state index contributed by atoms with van der Waals surface area (Å²) in [5.41, 5.74) is 0.363. The van der Waals surface area contributed by atoms with Crippen LogP contribution in [0.2, 0.25) is 0 Å². The lowest BCUT2D eigenvalue weighted by Gasteiger charge is -2.26. The predicted molar refractivity (Wildman–Crippen MR) is 87.9 cm³/mol. The van der Waals surface area contributed by atoms with E-state index in [4.69, 9.17) is 4.74 Å². The lowest BCUT2D eigenvalue weighted by atomic mass is 10.1. The summed E-state index contributed by atoms with van der Waals surface area (Å²) in [4.78, 5) is 12.4. The molecule has 1 amide bonds. The van der Waals surface area contributed by atoms with Gasteiger partial charge >= 0.3 is 0 Å². The molecule has 6 nitrogen and oxygen atoms in total. The van der Waals surface area contributed by atoms with Gasteiger partial charge in [0.2, 0.25) is 10.0 Å². The summed E-state index contributed by atoms with van der Waals surface area (Å²) in [5, 5.41) is 2.89. The third-order valence-electron chi connectivity index (χ3n) is 3.80. The molecule has 2 rings (SSSR count). The van der Waals surface area contributed by atoms with Crippen molar-refractivity contribution in [2.75, 3.05) is 26.3 Å². The summed E-state index contributed by atoms with van der Waals surface area (Å²) in [6.45, 7) is 5.47. The van der Waals surface area contributed by atoms with Gasteiger partial charge in [-0.3, -0.25) is 4.79 Å². The van der Waals surface area contributed by atoms with E-state index in [1.165, 1.54) is 16.4 Å². The van der Waals surface area contributed by atoms with Crippen molar-refractivity contribution in [3.05, 3.63) is 29.8 Å². The Labute approximate surface area is 137 Å². The van der Waals surface area contributed by atoms with Crippen LogP contribution in [0.15, 0.2) is 29.2 Å². The number of rotatable bonds is 6.